The number of ether oxygens (including phenoxy) is 2. The minimum absolute atomic E-state index is 0.0475. The number of nitrogens with one attached hydrogen (secondary N) is 1. The molecule has 2 heterocycles. The van der Waals surface area contributed by atoms with Crippen molar-refractivity contribution in [2.45, 2.75) is 6.61 Å². The fraction of sp³-hybridized carbons (Fsp3) is 0.105. The number of halogens is 1. The molecule has 0 amide bonds. The number of hydrogen-bond acceptors (Lipinski definition) is 8. The van der Waals surface area contributed by atoms with Gasteiger partial charge in [0.2, 0.25) is 0 Å². The number of rotatable bonds is 7. The minimum atomic E-state index is -1.05. The SMILES string of the molecule is COc1cc(/C=C/c2nc(O)c([N+](=O)[O-])c(=O)[nH]2)cc(Br)c1OCc1ccccn1. The Balaban J connectivity index is 1.84. The number of benzene rings is 1. The second-order valence-electron chi connectivity index (χ2n) is 5.86. The van der Waals surface area contributed by atoms with Gasteiger partial charge >= 0.3 is 11.2 Å². The van der Waals surface area contributed by atoms with Crippen LogP contribution in [-0.4, -0.2) is 32.1 Å². The van der Waals surface area contributed by atoms with Crippen molar-refractivity contribution in [1.82, 2.24) is 15.0 Å². The van der Waals surface area contributed by atoms with Crippen LogP contribution >= 0.6 is 15.9 Å². The molecule has 0 aliphatic carbocycles. The molecule has 2 aromatic heterocycles. The number of aromatic hydroxyl groups is 1. The average molecular weight is 475 g/mol. The molecule has 0 unspecified atom stereocenters. The lowest BCUT2D eigenvalue weighted by atomic mass is 10.2. The maximum atomic E-state index is 11.7. The first-order valence-corrected chi connectivity index (χ1v) is 9.24. The molecule has 0 aliphatic rings. The molecule has 0 atom stereocenters. The Bertz CT molecular complexity index is 1160. The fourth-order valence-corrected chi connectivity index (χ4v) is 3.07. The number of nitro groups is 1. The summed E-state index contributed by atoms with van der Waals surface area (Å²) in [6, 6.07) is 8.95. The van der Waals surface area contributed by atoms with Crippen LogP contribution in [0.15, 0.2) is 45.8 Å². The molecule has 3 aromatic rings. The van der Waals surface area contributed by atoms with E-state index >= 15 is 0 Å². The van der Waals surface area contributed by atoms with E-state index in [0.717, 1.165) is 5.69 Å². The lowest BCUT2D eigenvalue weighted by Gasteiger charge is -2.13. The Hall–Kier alpha value is -3.73. The molecule has 0 radical (unpaired) electrons. The van der Waals surface area contributed by atoms with Crippen molar-refractivity contribution in [3.63, 3.8) is 0 Å². The van der Waals surface area contributed by atoms with Crippen LogP contribution in [0.1, 0.15) is 17.1 Å². The smallest absolute Gasteiger partial charge is 0.395 e. The third kappa shape index (κ3) is 4.81. The highest BCUT2D eigenvalue weighted by atomic mass is 79.9. The zero-order valence-electron chi connectivity index (χ0n) is 15.5. The van der Waals surface area contributed by atoms with Gasteiger partial charge in [-0.05, 0) is 51.8 Å². The van der Waals surface area contributed by atoms with Gasteiger partial charge in [0.05, 0.1) is 22.2 Å². The summed E-state index contributed by atoms with van der Waals surface area (Å²) >= 11 is 3.44. The highest BCUT2D eigenvalue weighted by Crippen LogP contribution is 2.37. The van der Waals surface area contributed by atoms with Gasteiger partial charge in [-0.15, -0.1) is 0 Å². The maximum Gasteiger partial charge on any atom is 0.395 e. The van der Waals surface area contributed by atoms with Gasteiger partial charge in [-0.25, -0.2) is 0 Å². The van der Waals surface area contributed by atoms with E-state index in [2.05, 4.69) is 30.9 Å². The van der Waals surface area contributed by atoms with Crippen molar-refractivity contribution in [3.8, 4) is 17.4 Å². The van der Waals surface area contributed by atoms with E-state index in [0.29, 0.717) is 21.5 Å². The predicted octanol–water partition coefficient (Wildman–Crippen LogP) is 3.30. The van der Waals surface area contributed by atoms with Crippen LogP contribution in [0.3, 0.4) is 0 Å². The van der Waals surface area contributed by atoms with Crippen LogP contribution in [0.2, 0.25) is 0 Å². The quantitative estimate of drug-likeness (QED) is 0.392. The summed E-state index contributed by atoms with van der Waals surface area (Å²) in [5.74, 6) is -0.0677. The molecule has 154 valence electrons. The summed E-state index contributed by atoms with van der Waals surface area (Å²) in [6.07, 6.45) is 4.65. The van der Waals surface area contributed by atoms with Crippen LogP contribution in [0.25, 0.3) is 12.2 Å². The van der Waals surface area contributed by atoms with Gasteiger partial charge in [-0.1, -0.05) is 12.1 Å². The highest BCUT2D eigenvalue weighted by Gasteiger charge is 2.21. The van der Waals surface area contributed by atoms with Crippen molar-refractivity contribution in [2.75, 3.05) is 7.11 Å². The number of methoxy groups -OCH3 is 1. The second kappa shape index (κ2) is 9.18. The van der Waals surface area contributed by atoms with Crippen molar-refractivity contribution in [2.24, 2.45) is 0 Å². The molecular formula is C19H15BrN4O6. The van der Waals surface area contributed by atoms with Crippen LogP contribution in [0, 0.1) is 10.1 Å². The normalized spacial score (nSPS) is 10.9. The molecular weight excluding hydrogens is 460 g/mol. The Morgan fingerprint density at radius 2 is 2.13 bits per heavy atom. The largest absolute Gasteiger partial charge is 0.493 e. The first kappa shape index (κ1) is 21.0. The molecule has 11 heteroatoms. The molecule has 0 bridgehead atoms. The molecule has 1 aromatic carbocycles. The van der Waals surface area contributed by atoms with Gasteiger partial charge in [-0.3, -0.25) is 19.9 Å². The molecule has 2 N–H and O–H groups in total. The average Bonchev–Trinajstić information content (AvgIpc) is 2.71. The first-order valence-electron chi connectivity index (χ1n) is 8.45. The predicted molar refractivity (Wildman–Crippen MR) is 111 cm³/mol. The third-order valence-electron chi connectivity index (χ3n) is 3.85. The van der Waals surface area contributed by atoms with Crippen LogP contribution in [-0.2, 0) is 6.61 Å². The Morgan fingerprint density at radius 3 is 2.77 bits per heavy atom. The number of aromatic amines is 1. The number of nitrogens with zero attached hydrogens (tertiary/aromatic N) is 3. The number of pyridine rings is 1. The topological polar surface area (TPSA) is 140 Å². The summed E-state index contributed by atoms with van der Waals surface area (Å²) in [6.45, 7) is 0.248. The molecule has 0 spiro atoms. The fourth-order valence-electron chi connectivity index (χ4n) is 2.50. The zero-order chi connectivity index (χ0) is 21.7. The zero-order valence-corrected chi connectivity index (χ0v) is 17.1. The first-order chi connectivity index (χ1) is 14.4. The van der Waals surface area contributed by atoms with E-state index in [1.807, 2.05) is 18.2 Å². The van der Waals surface area contributed by atoms with E-state index in [-0.39, 0.29) is 12.4 Å². The standard InChI is InChI=1S/C19H15BrN4O6/c1-29-14-9-11(5-6-15-22-18(25)16(24(27)28)19(26)23-15)8-13(20)17(14)30-10-12-4-2-3-7-21-12/h2-9H,10H2,1H3,(H2,22,23,25,26)/b6-5+. The molecule has 0 aliphatic heterocycles. The Kier molecular flexibility index (Phi) is 6.42. The lowest BCUT2D eigenvalue weighted by molar-refractivity contribution is -0.387. The van der Waals surface area contributed by atoms with E-state index in [1.54, 1.807) is 24.4 Å². The summed E-state index contributed by atoms with van der Waals surface area (Å²) in [5.41, 5.74) is -0.650. The Morgan fingerprint density at radius 1 is 1.33 bits per heavy atom. The number of H-pyrrole nitrogens is 1. The maximum absolute atomic E-state index is 11.7. The molecule has 0 saturated carbocycles. The van der Waals surface area contributed by atoms with Gasteiger partial charge in [0.25, 0.3) is 5.88 Å². The van der Waals surface area contributed by atoms with Crippen LogP contribution < -0.4 is 15.0 Å². The Labute approximate surface area is 178 Å². The van der Waals surface area contributed by atoms with E-state index in [1.165, 1.54) is 13.2 Å². The minimum Gasteiger partial charge on any atom is -0.493 e. The molecule has 0 fully saturated rings. The van der Waals surface area contributed by atoms with Crippen molar-refractivity contribution in [1.29, 1.82) is 0 Å². The van der Waals surface area contributed by atoms with Gasteiger partial charge < -0.3 is 19.6 Å². The molecule has 3 rings (SSSR count). The summed E-state index contributed by atoms with van der Waals surface area (Å²) in [5, 5.41) is 20.3. The molecule has 10 nitrogen and oxygen atoms in total. The van der Waals surface area contributed by atoms with Gasteiger partial charge in [0.15, 0.2) is 11.5 Å². The van der Waals surface area contributed by atoms with E-state index < -0.39 is 22.0 Å². The van der Waals surface area contributed by atoms with Gasteiger partial charge in [0, 0.05) is 6.20 Å². The summed E-state index contributed by atoms with van der Waals surface area (Å²) in [4.78, 5) is 31.5. The third-order valence-corrected chi connectivity index (χ3v) is 4.44. The molecule has 30 heavy (non-hydrogen) atoms. The van der Waals surface area contributed by atoms with Crippen LogP contribution in [0.4, 0.5) is 5.69 Å². The number of hydrogen-bond donors (Lipinski definition) is 2. The van der Waals surface area contributed by atoms with Crippen LogP contribution in [0.5, 0.6) is 17.4 Å². The van der Waals surface area contributed by atoms with Crippen molar-refractivity contribution in [3.05, 3.63) is 78.6 Å². The number of aromatic nitrogens is 3. The molecule has 0 saturated heterocycles. The van der Waals surface area contributed by atoms with Crippen molar-refractivity contribution < 1.29 is 19.5 Å². The van der Waals surface area contributed by atoms with Gasteiger partial charge in [0.1, 0.15) is 12.4 Å². The van der Waals surface area contributed by atoms with Crippen molar-refractivity contribution >= 4 is 33.8 Å². The monoisotopic (exact) mass is 474 g/mol. The van der Waals surface area contributed by atoms with Gasteiger partial charge in [-0.2, -0.15) is 4.98 Å². The lowest BCUT2D eigenvalue weighted by Crippen LogP contribution is -2.14. The summed E-state index contributed by atoms with van der Waals surface area (Å²) in [7, 11) is 1.50. The highest BCUT2D eigenvalue weighted by molar-refractivity contribution is 9.10. The summed E-state index contributed by atoms with van der Waals surface area (Å²) < 4.78 is 11.8. The second-order valence-corrected chi connectivity index (χ2v) is 6.71. The van der Waals surface area contributed by atoms with E-state index in [9.17, 15) is 20.0 Å². The van der Waals surface area contributed by atoms with E-state index in [4.69, 9.17) is 9.47 Å².